The number of ketones is 1. The lowest BCUT2D eigenvalue weighted by Gasteiger charge is -2.37. The van der Waals surface area contributed by atoms with E-state index in [1.807, 2.05) is 37.5 Å². The van der Waals surface area contributed by atoms with E-state index < -0.39 is 5.97 Å². The first-order valence-corrected chi connectivity index (χ1v) is 14.0. The Bertz CT molecular complexity index is 1330. The Balaban J connectivity index is 0.000000208. The number of dihydropyridines is 1. The van der Waals surface area contributed by atoms with Gasteiger partial charge in [0.05, 0.1) is 18.3 Å². The van der Waals surface area contributed by atoms with Crippen molar-refractivity contribution in [1.82, 2.24) is 15.5 Å². The van der Waals surface area contributed by atoms with Crippen molar-refractivity contribution in [3.8, 4) is 5.75 Å². The smallest absolute Gasteiger partial charge is 0.335 e. The summed E-state index contributed by atoms with van der Waals surface area (Å²) in [5, 5.41) is 15.6. The monoisotopic (exact) mass is 555 g/mol. The Morgan fingerprint density at radius 2 is 1.85 bits per heavy atom. The van der Waals surface area contributed by atoms with E-state index in [0.717, 1.165) is 56.3 Å². The molecule has 1 aliphatic carbocycles. The van der Waals surface area contributed by atoms with E-state index in [1.165, 1.54) is 0 Å². The van der Waals surface area contributed by atoms with Crippen molar-refractivity contribution in [3.63, 3.8) is 0 Å². The van der Waals surface area contributed by atoms with Crippen LogP contribution in [0.4, 0.5) is 0 Å². The number of aromatic carboxylic acids is 1. The van der Waals surface area contributed by atoms with Crippen LogP contribution in [0.2, 0.25) is 0 Å². The highest BCUT2D eigenvalue weighted by Gasteiger charge is 2.24. The lowest BCUT2D eigenvalue weighted by Crippen LogP contribution is -2.48. The molecule has 8 nitrogen and oxygen atoms in total. The van der Waals surface area contributed by atoms with Crippen molar-refractivity contribution >= 4 is 18.0 Å². The minimum absolute atomic E-state index is 0.0217. The molecule has 8 heteroatoms. The Morgan fingerprint density at radius 1 is 1.07 bits per heavy atom. The van der Waals surface area contributed by atoms with Crippen molar-refractivity contribution in [2.45, 2.75) is 31.8 Å². The van der Waals surface area contributed by atoms with Gasteiger partial charge in [0.1, 0.15) is 12.0 Å². The molecular weight excluding hydrogens is 518 g/mol. The fourth-order valence-electron chi connectivity index (χ4n) is 4.85. The number of hydrogen-bond donors (Lipinski definition) is 3. The van der Waals surface area contributed by atoms with Gasteiger partial charge in [-0.1, -0.05) is 48.6 Å². The highest BCUT2D eigenvalue weighted by Crippen LogP contribution is 2.22. The molecule has 0 amide bonds. The van der Waals surface area contributed by atoms with Crippen LogP contribution < -0.4 is 15.4 Å². The van der Waals surface area contributed by atoms with E-state index in [9.17, 15) is 14.4 Å². The molecule has 1 unspecified atom stereocenters. The number of likely N-dealkylation sites (tertiary alicyclic amines) is 1. The molecule has 1 saturated heterocycles. The number of allylic oxidation sites excluding steroid dienone is 5. The Morgan fingerprint density at radius 3 is 2.46 bits per heavy atom. The lowest BCUT2D eigenvalue weighted by atomic mass is 9.97. The number of likely N-dealkylation sites (N-methyl/N-ethyl adjacent to an activating group) is 1. The van der Waals surface area contributed by atoms with Gasteiger partial charge in [-0.15, -0.1) is 0 Å². The zero-order chi connectivity index (χ0) is 29.0. The molecule has 0 radical (unpaired) electrons. The van der Waals surface area contributed by atoms with Crippen LogP contribution in [0, 0.1) is 5.92 Å². The Kier molecular flexibility index (Phi) is 10.7. The maximum atomic E-state index is 12.0. The summed E-state index contributed by atoms with van der Waals surface area (Å²) < 4.78 is 5.82. The van der Waals surface area contributed by atoms with E-state index in [0.29, 0.717) is 29.4 Å². The summed E-state index contributed by atoms with van der Waals surface area (Å²) in [6.07, 6.45) is 17.2. The summed E-state index contributed by atoms with van der Waals surface area (Å²) in [6.45, 7) is 2.68. The van der Waals surface area contributed by atoms with Crippen LogP contribution in [0.3, 0.4) is 0 Å². The molecule has 2 aromatic rings. The number of carbonyl (C=O) groups is 3. The molecule has 3 N–H and O–H groups in total. The molecular formula is C33H37N3O5. The summed E-state index contributed by atoms with van der Waals surface area (Å²) in [5.74, 6) is 0.223. The van der Waals surface area contributed by atoms with Crippen molar-refractivity contribution in [1.29, 1.82) is 0 Å². The van der Waals surface area contributed by atoms with Gasteiger partial charge in [-0.2, -0.15) is 0 Å². The summed E-state index contributed by atoms with van der Waals surface area (Å²) in [6, 6.07) is 13.4. The highest BCUT2D eigenvalue weighted by atomic mass is 16.5. The molecule has 2 aliphatic heterocycles. The van der Waals surface area contributed by atoms with Crippen molar-refractivity contribution in [2.24, 2.45) is 5.92 Å². The summed E-state index contributed by atoms with van der Waals surface area (Å²) in [5.41, 5.74) is 3.30. The van der Waals surface area contributed by atoms with Crippen molar-refractivity contribution in [3.05, 3.63) is 113 Å². The van der Waals surface area contributed by atoms with Crippen LogP contribution in [-0.2, 0) is 0 Å². The molecule has 0 bridgehead atoms. The second-order valence-electron chi connectivity index (χ2n) is 10.2. The molecule has 1 atom stereocenters. The largest absolute Gasteiger partial charge is 0.493 e. The average Bonchev–Trinajstić information content (AvgIpc) is 3.04. The summed E-state index contributed by atoms with van der Waals surface area (Å²) in [7, 11) is 1.91. The van der Waals surface area contributed by atoms with Gasteiger partial charge in [-0.3, -0.25) is 14.5 Å². The number of piperidine rings is 1. The van der Waals surface area contributed by atoms with Gasteiger partial charge in [0, 0.05) is 48.7 Å². The van der Waals surface area contributed by atoms with Gasteiger partial charge in [0.15, 0.2) is 5.78 Å². The minimum atomic E-state index is -0.928. The van der Waals surface area contributed by atoms with E-state index in [-0.39, 0.29) is 17.5 Å². The lowest BCUT2D eigenvalue weighted by molar-refractivity contribution is 0.0695. The molecule has 0 saturated carbocycles. The third-order valence-electron chi connectivity index (χ3n) is 7.33. The van der Waals surface area contributed by atoms with Gasteiger partial charge in [-0.25, -0.2) is 4.79 Å². The van der Waals surface area contributed by atoms with Gasteiger partial charge < -0.3 is 20.5 Å². The van der Waals surface area contributed by atoms with Crippen molar-refractivity contribution in [2.75, 3.05) is 26.7 Å². The molecule has 0 spiro atoms. The molecule has 214 valence electrons. The van der Waals surface area contributed by atoms with Gasteiger partial charge in [-0.05, 0) is 62.0 Å². The van der Waals surface area contributed by atoms with Crippen LogP contribution in [0.25, 0.3) is 0 Å². The SMILES string of the molecule is CNC1=CNC(N2CCC(COc3cccc(C(=O)O)c3)CC2)C=C1.O=Cc1ccc(C(=O)C2=CCCC=C2)cc1. The van der Waals surface area contributed by atoms with Crippen LogP contribution >= 0.6 is 0 Å². The number of carbonyl (C=O) groups excluding carboxylic acids is 2. The van der Waals surface area contributed by atoms with E-state index >= 15 is 0 Å². The predicted octanol–water partition coefficient (Wildman–Crippen LogP) is 4.98. The Hall–Kier alpha value is -4.43. The molecule has 2 heterocycles. The van der Waals surface area contributed by atoms with Crippen molar-refractivity contribution < 1.29 is 24.2 Å². The second kappa shape index (κ2) is 14.8. The normalized spacial score (nSPS) is 18.6. The number of aldehydes is 1. The fraction of sp³-hybridized carbons (Fsp3) is 0.303. The number of nitrogens with one attached hydrogen (secondary N) is 2. The maximum Gasteiger partial charge on any atom is 0.335 e. The molecule has 5 rings (SSSR count). The molecule has 0 aromatic heterocycles. The summed E-state index contributed by atoms with van der Waals surface area (Å²) in [4.78, 5) is 35.9. The number of benzene rings is 2. The number of Topliss-reactive ketones (excluding diaryl/α,β-unsaturated/α-hetero) is 1. The van der Waals surface area contributed by atoms with Crippen LogP contribution in [-0.4, -0.2) is 61.0 Å². The Labute approximate surface area is 241 Å². The van der Waals surface area contributed by atoms with Crippen LogP contribution in [0.1, 0.15) is 56.8 Å². The first-order valence-electron chi connectivity index (χ1n) is 14.0. The third-order valence-corrected chi connectivity index (χ3v) is 7.33. The molecule has 3 aliphatic rings. The topological polar surface area (TPSA) is 108 Å². The molecule has 1 fully saturated rings. The average molecular weight is 556 g/mol. The van der Waals surface area contributed by atoms with E-state index in [2.05, 4.69) is 27.7 Å². The first kappa shape index (κ1) is 29.6. The number of ether oxygens (including phenoxy) is 1. The van der Waals surface area contributed by atoms with Gasteiger partial charge in [0.2, 0.25) is 0 Å². The van der Waals surface area contributed by atoms with Crippen LogP contribution in [0.15, 0.2) is 96.4 Å². The number of rotatable bonds is 9. The quantitative estimate of drug-likeness (QED) is 0.294. The number of nitrogens with zero attached hydrogens (tertiary/aromatic N) is 1. The first-order chi connectivity index (χ1) is 20.0. The highest BCUT2D eigenvalue weighted by molar-refractivity contribution is 6.10. The summed E-state index contributed by atoms with van der Waals surface area (Å²) >= 11 is 0. The standard InChI is InChI=1S/C19H25N3O3.C14H12O2/c1-20-16-5-6-18(21-12-16)22-9-7-14(8-10-22)13-25-17-4-2-3-15(11-17)19(23)24;15-10-11-6-8-13(9-7-11)14(16)12-4-2-1-3-5-12/h2-6,11-12,14,18,20-21H,7-10,13H2,1H3,(H,23,24);2,4-10H,1,3H2. The van der Waals surface area contributed by atoms with E-state index in [4.69, 9.17) is 9.84 Å². The second-order valence-corrected chi connectivity index (χ2v) is 10.2. The predicted molar refractivity (Wildman–Crippen MR) is 159 cm³/mol. The maximum absolute atomic E-state index is 12.0. The molecule has 2 aromatic carbocycles. The number of carboxylic acid groups (broad SMARTS) is 1. The minimum Gasteiger partial charge on any atom is -0.493 e. The number of hydrogen-bond acceptors (Lipinski definition) is 7. The zero-order valence-corrected chi connectivity index (χ0v) is 23.3. The van der Waals surface area contributed by atoms with Gasteiger partial charge in [0.25, 0.3) is 0 Å². The van der Waals surface area contributed by atoms with E-state index in [1.54, 1.807) is 42.5 Å². The van der Waals surface area contributed by atoms with Crippen LogP contribution in [0.5, 0.6) is 5.75 Å². The number of carboxylic acids is 1. The third kappa shape index (κ3) is 8.53. The molecule has 41 heavy (non-hydrogen) atoms. The van der Waals surface area contributed by atoms with Gasteiger partial charge >= 0.3 is 5.97 Å². The zero-order valence-electron chi connectivity index (χ0n) is 23.3. The fourth-order valence-corrected chi connectivity index (χ4v) is 4.85.